The molecule has 0 spiro atoms. The molecule has 0 saturated carbocycles. The maximum atomic E-state index is 13.1. The van der Waals surface area contributed by atoms with Crippen LogP contribution in [0.25, 0.3) is 10.9 Å². The Balaban J connectivity index is 1.29. The van der Waals surface area contributed by atoms with Crippen LogP contribution in [-0.4, -0.2) is 61.3 Å². The Bertz CT molecular complexity index is 1220. The number of fused-ring (bicyclic) bond motifs is 1. The molecular formula is C27H36N4O3S. The molecular weight excluding hydrogens is 460 g/mol. The van der Waals surface area contributed by atoms with Gasteiger partial charge in [-0.25, -0.2) is 8.42 Å². The minimum absolute atomic E-state index is 0.0468. The first-order chi connectivity index (χ1) is 16.9. The third-order valence-corrected chi connectivity index (χ3v) is 8.49. The topological polar surface area (TPSA) is 74.6 Å². The normalized spacial score (nSPS) is 15.4. The van der Waals surface area contributed by atoms with Crippen molar-refractivity contribution in [2.45, 2.75) is 50.1 Å². The van der Waals surface area contributed by atoms with Crippen LogP contribution < -0.4 is 5.32 Å². The van der Waals surface area contributed by atoms with Gasteiger partial charge in [-0.3, -0.25) is 4.79 Å². The summed E-state index contributed by atoms with van der Waals surface area (Å²) in [5.41, 5.74) is 2.14. The Labute approximate surface area is 208 Å². The molecule has 2 heterocycles. The summed E-state index contributed by atoms with van der Waals surface area (Å²) in [6.07, 6.45) is 6.71. The summed E-state index contributed by atoms with van der Waals surface area (Å²) in [7, 11) is -1.41. The van der Waals surface area contributed by atoms with Gasteiger partial charge in [0, 0.05) is 43.3 Å². The molecule has 1 N–H and O–H groups in total. The minimum atomic E-state index is -3.49. The number of amides is 1. The highest BCUT2D eigenvalue weighted by atomic mass is 32.2. The molecule has 1 aliphatic rings. The van der Waals surface area contributed by atoms with Crippen molar-refractivity contribution in [3.63, 3.8) is 0 Å². The number of nitrogens with one attached hydrogen (secondary N) is 1. The van der Waals surface area contributed by atoms with E-state index in [2.05, 4.69) is 29.4 Å². The fourth-order valence-electron chi connectivity index (χ4n) is 4.67. The predicted octanol–water partition coefficient (Wildman–Crippen LogP) is 3.84. The highest BCUT2D eigenvalue weighted by Gasteiger charge is 2.25. The number of carbonyl (C=O) groups is 1. The molecule has 188 valence electrons. The maximum Gasteiger partial charge on any atom is 0.243 e. The lowest BCUT2D eigenvalue weighted by Gasteiger charge is -2.20. The lowest BCUT2D eigenvalue weighted by Crippen LogP contribution is -2.31. The number of benzene rings is 2. The average Bonchev–Trinajstić information content (AvgIpc) is 3.05. The van der Waals surface area contributed by atoms with Gasteiger partial charge in [0.1, 0.15) is 6.54 Å². The van der Waals surface area contributed by atoms with Crippen LogP contribution in [0.2, 0.25) is 0 Å². The summed E-state index contributed by atoms with van der Waals surface area (Å²) in [4.78, 5) is 15.1. The van der Waals surface area contributed by atoms with Crippen molar-refractivity contribution < 1.29 is 13.2 Å². The Morgan fingerprint density at radius 1 is 1.00 bits per heavy atom. The second-order valence-corrected chi connectivity index (χ2v) is 11.3. The fraction of sp³-hybridized carbons (Fsp3) is 0.444. The minimum Gasteiger partial charge on any atom is -0.355 e. The smallest absolute Gasteiger partial charge is 0.243 e. The number of hydrogen-bond donors (Lipinski definition) is 1. The van der Waals surface area contributed by atoms with Crippen molar-refractivity contribution in [3.8, 4) is 0 Å². The number of sulfonamides is 1. The summed E-state index contributed by atoms with van der Waals surface area (Å²) < 4.78 is 29.7. The predicted molar refractivity (Wildman–Crippen MR) is 140 cm³/mol. The van der Waals surface area contributed by atoms with Crippen molar-refractivity contribution >= 4 is 26.8 Å². The van der Waals surface area contributed by atoms with E-state index in [-0.39, 0.29) is 12.5 Å². The van der Waals surface area contributed by atoms with E-state index in [1.54, 1.807) is 16.4 Å². The molecule has 4 rings (SSSR count). The molecule has 2 aromatic carbocycles. The summed E-state index contributed by atoms with van der Waals surface area (Å²) in [5, 5.41) is 3.83. The van der Waals surface area contributed by atoms with Crippen molar-refractivity contribution in [2.24, 2.45) is 0 Å². The van der Waals surface area contributed by atoms with Crippen LogP contribution in [0.5, 0.6) is 0 Å². The fourth-order valence-corrected chi connectivity index (χ4v) is 6.22. The largest absolute Gasteiger partial charge is 0.355 e. The molecule has 8 heteroatoms. The molecule has 1 aliphatic heterocycles. The third-order valence-electron chi connectivity index (χ3n) is 6.59. The van der Waals surface area contributed by atoms with Crippen LogP contribution in [0.1, 0.15) is 37.7 Å². The lowest BCUT2D eigenvalue weighted by molar-refractivity contribution is -0.121. The zero-order valence-electron chi connectivity index (χ0n) is 20.5. The first-order valence-electron chi connectivity index (χ1n) is 12.5. The highest BCUT2D eigenvalue weighted by Crippen LogP contribution is 2.25. The van der Waals surface area contributed by atoms with E-state index in [9.17, 15) is 13.2 Å². The van der Waals surface area contributed by atoms with E-state index in [1.165, 1.54) is 5.56 Å². The zero-order chi connectivity index (χ0) is 24.7. The van der Waals surface area contributed by atoms with Crippen LogP contribution in [0, 0.1) is 0 Å². The van der Waals surface area contributed by atoms with Gasteiger partial charge >= 0.3 is 0 Å². The van der Waals surface area contributed by atoms with Gasteiger partial charge in [-0.2, -0.15) is 4.31 Å². The number of rotatable bonds is 10. The Morgan fingerprint density at radius 2 is 1.74 bits per heavy atom. The van der Waals surface area contributed by atoms with E-state index < -0.39 is 10.0 Å². The molecule has 1 aromatic heterocycles. The van der Waals surface area contributed by atoms with E-state index in [1.807, 2.05) is 41.1 Å². The summed E-state index contributed by atoms with van der Waals surface area (Å²) in [6.45, 7) is 3.79. The standard InChI is InChI=1S/C27H36N4O3S/c1-29(21-23-10-5-4-6-11-23)16-9-15-28-27(32)22-30-19-14-24-20-25(12-13-26(24)30)35(33,34)31-17-7-2-3-8-18-31/h4-6,10-14,19-20H,2-3,7-9,15-18,21-22H2,1H3,(H,28,32). The molecule has 1 saturated heterocycles. The quantitative estimate of drug-likeness (QED) is 0.433. The Morgan fingerprint density at radius 3 is 2.49 bits per heavy atom. The molecule has 0 atom stereocenters. The van der Waals surface area contributed by atoms with Gasteiger partial charge in [0.2, 0.25) is 15.9 Å². The molecule has 0 radical (unpaired) electrons. The number of aromatic nitrogens is 1. The van der Waals surface area contributed by atoms with Gasteiger partial charge in [0.15, 0.2) is 0 Å². The Hall–Kier alpha value is -2.68. The molecule has 7 nitrogen and oxygen atoms in total. The van der Waals surface area contributed by atoms with Crippen molar-refractivity contribution in [2.75, 3.05) is 33.2 Å². The molecule has 1 fully saturated rings. The molecule has 0 bridgehead atoms. The van der Waals surface area contributed by atoms with Crippen molar-refractivity contribution in [1.29, 1.82) is 0 Å². The first kappa shape index (κ1) is 25.4. The SMILES string of the molecule is CN(CCCNC(=O)Cn1ccc2cc(S(=O)(=O)N3CCCCCC3)ccc21)Cc1ccccc1. The van der Waals surface area contributed by atoms with Gasteiger partial charge in [-0.15, -0.1) is 0 Å². The summed E-state index contributed by atoms with van der Waals surface area (Å²) in [5.74, 6) is -0.0468. The molecule has 3 aromatic rings. The summed E-state index contributed by atoms with van der Waals surface area (Å²) >= 11 is 0. The maximum absolute atomic E-state index is 13.1. The van der Waals surface area contributed by atoms with E-state index in [0.29, 0.717) is 24.5 Å². The zero-order valence-corrected chi connectivity index (χ0v) is 21.3. The second-order valence-electron chi connectivity index (χ2n) is 9.41. The second kappa shape index (κ2) is 11.8. The van der Waals surface area contributed by atoms with Crippen LogP contribution in [0.3, 0.4) is 0 Å². The van der Waals surface area contributed by atoms with Crippen molar-refractivity contribution in [3.05, 3.63) is 66.4 Å². The molecule has 0 unspecified atom stereocenters. The van der Waals surface area contributed by atoms with E-state index in [4.69, 9.17) is 0 Å². The van der Waals surface area contributed by atoms with E-state index >= 15 is 0 Å². The number of hydrogen-bond acceptors (Lipinski definition) is 4. The number of nitrogens with zero attached hydrogens (tertiary/aromatic N) is 3. The van der Waals surface area contributed by atoms with Gasteiger partial charge in [-0.05, 0) is 62.7 Å². The molecule has 35 heavy (non-hydrogen) atoms. The Kier molecular flexibility index (Phi) is 8.59. The monoisotopic (exact) mass is 496 g/mol. The number of carbonyl (C=O) groups excluding carboxylic acids is 1. The van der Waals surface area contributed by atoms with Gasteiger partial charge in [0.05, 0.1) is 4.90 Å². The first-order valence-corrected chi connectivity index (χ1v) is 14.0. The lowest BCUT2D eigenvalue weighted by atomic mass is 10.2. The summed E-state index contributed by atoms with van der Waals surface area (Å²) in [6, 6.07) is 17.4. The van der Waals surface area contributed by atoms with Gasteiger partial charge < -0.3 is 14.8 Å². The highest BCUT2D eigenvalue weighted by molar-refractivity contribution is 7.89. The van der Waals surface area contributed by atoms with Crippen LogP contribution in [0.15, 0.2) is 65.7 Å². The van der Waals surface area contributed by atoms with Crippen LogP contribution >= 0.6 is 0 Å². The average molecular weight is 497 g/mol. The molecule has 1 amide bonds. The van der Waals surface area contributed by atoms with Crippen molar-refractivity contribution in [1.82, 2.24) is 19.1 Å². The third kappa shape index (κ3) is 6.72. The van der Waals surface area contributed by atoms with Gasteiger partial charge in [0.25, 0.3) is 0 Å². The van der Waals surface area contributed by atoms with Gasteiger partial charge in [-0.1, -0.05) is 43.2 Å². The molecule has 0 aliphatic carbocycles. The van der Waals surface area contributed by atoms with Crippen LogP contribution in [-0.2, 0) is 27.9 Å². The van der Waals surface area contributed by atoms with Crippen LogP contribution in [0.4, 0.5) is 0 Å². The van der Waals surface area contributed by atoms with E-state index in [0.717, 1.165) is 56.1 Å².